The van der Waals surface area contributed by atoms with Gasteiger partial charge in [0.2, 0.25) is 0 Å². The number of nitrogens with one attached hydrogen (secondary N) is 1. The van der Waals surface area contributed by atoms with Crippen LogP contribution in [0.5, 0.6) is 0 Å². The molecule has 0 saturated carbocycles. The number of nitrogens with zero attached hydrogens (tertiary/aromatic N) is 1. The Bertz CT molecular complexity index is 1360. The molecular weight excluding hydrogens is 458 g/mol. The van der Waals surface area contributed by atoms with Gasteiger partial charge in [-0.25, -0.2) is 0 Å². The van der Waals surface area contributed by atoms with Crippen LogP contribution in [0, 0.1) is 11.3 Å². The van der Waals surface area contributed by atoms with Crippen molar-refractivity contribution in [3.63, 3.8) is 0 Å². The summed E-state index contributed by atoms with van der Waals surface area (Å²) in [5.41, 5.74) is 12.5. The number of benzene rings is 3. The van der Waals surface area contributed by atoms with Crippen molar-refractivity contribution in [3.05, 3.63) is 90.1 Å². The second-order valence-corrected chi connectivity index (χ2v) is 10.5. The minimum atomic E-state index is -0.665. The highest BCUT2D eigenvalue weighted by Gasteiger charge is 2.52. The van der Waals surface area contributed by atoms with Crippen molar-refractivity contribution in [2.24, 2.45) is 11.3 Å². The van der Waals surface area contributed by atoms with E-state index in [-0.39, 0.29) is 17.4 Å². The Morgan fingerprint density at radius 1 is 1.03 bits per heavy atom. The molecule has 0 bridgehead atoms. The van der Waals surface area contributed by atoms with Crippen LogP contribution >= 0.6 is 0 Å². The number of aromatic amines is 1. The molecular formula is C32H37N3O2. The third-order valence-corrected chi connectivity index (χ3v) is 8.68. The first-order valence-electron chi connectivity index (χ1n) is 13.4. The van der Waals surface area contributed by atoms with Crippen LogP contribution in [0.3, 0.4) is 0 Å². The van der Waals surface area contributed by atoms with Gasteiger partial charge in [0, 0.05) is 34.2 Å². The molecule has 0 radical (unpaired) electrons. The maximum Gasteiger partial charge on any atom is 0.306 e. The molecule has 2 aliphatic rings. The molecule has 4 N–H and O–H groups in total. The third kappa shape index (κ3) is 4.64. The predicted molar refractivity (Wildman–Crippen MR) is 151 cm³/mol. The number of nitrogens with two attached hydrogens (primary N) is 1. The Labute approximate surface area is 219 Å². The fourth-order valence-electron chi connectivity index (χ4n) is 6.61. The number of fused-ring (bicyclic) bond motifs is 5. The van der Waals surface area contributed by atoms with Crippen molar-refractivity contribution in [1.29, 1.82) is 0 Å². The molecule has 37 heavy (non-hydrogen) atoms. The van der Waals surface area contributed by atoms with Gasteiger partial charge in [-0.05, 0) is 67.1 Å². The van der Waals surface area contributed by atoms with Crippen molar-refractivity contribution >= 4 is 22.6 Å². The Kier molecular flexibility index (Phi) is 7.07. The van der Waals surface area contributed by atoms with Gasteiger partial charge in [-0.1, -0.05) is 74.5 Å². The smallest absolute Gasteiger partial charge is 0.306 e. The molecule has 3 aromatic carbocycles. The van der Waals surface area contributed by atoms with Gasteiger partial charge < -0.3 is 15.8 Å². The second kappa shape index (κ2) is 10.4. The summed E-state index contributed by atoms with van der Waals surface area (Å²) in [4.78, 5) is 18.1. The number of nitrogen functional groups attached to an aromatic ring is 1. The van der Waals surface area contributed by atoms with E-state index >= 15 is 0 Å². The Hall–Kier alpha value is -3.57. The zero-order valence-corrected chi connectivity index (χ0v) is 21.8. The predicted octanol–water partition coefficient (Wildman–Crippen LogP) is 6.91. The number of aromatic nitrogens is 1. The van der Waals surface area contributed by atoms with Crippen molar-refractivity contribution in [1.82, 2.24) is 9.88 Å². The minimum absolute atomic E-state index is 0.193. The number of aliphatic carboxylic acids is 1. The Balaban J connectivity index is 0.000000182. The lowest BCUT2D eigenvalue weighted by Crippen LogP contribution is -2.53. The summed E-state index contributed by atoms with van der Waals surface area (Å²) in [6.45, 7) is 6.19. The molecule has 3 atom stereocenters. The van der Waals surface area contributed by atoms with Gasteiger partial charge in [0.1, 0.15) is 0 Å². The molecule has 0 spiro atoms. The van der Waals surface area contributed by atoms with Crippen LogP contribution in [0.1, 0.15) is 50.4 Å². The maximum atomic E-state index is 11.9. The molecule has 0 aliphatic carbocycles. The van der Waals surface area contributed by atoms with Gasteiger partial charge >= 0.3 is 5.97 Å². The zero-order chi connectivity index (χ0) is 26.0. The highest BCUT2D eigenvalue weighted by Crippen LogP contribution is 2.55. The van der Waals surface area contributed by atoms with E-state index in [4.69, 9.17) is 5.73 Å². The summed E-state index contributed by atoms with van der Waals surface area (Å²) in [5.74, 6) is -1.01. The first-order valence-corrected chi connectivity index (χ1v) is 13.4. The number of hydrogen-bond acceptors (Lipinski definition) is 3. The van der Waals surface area contributed by atoms with Crippen molar-refractivity contribution in [2.45, 2.75) is 45.6 Å². The molecule has 1 unspecified atom stereocenters. The number of rotatable bonds is 4. The van der Waals surface area contributed by atoms with E-state index in [9.17, 15) is 9.90 Å². The number of carbonyl (C=O) groups is 1. The maximum absolute atomic E-state index is 11.9. The van der Waals surface area contributed by atoms with Crippen LogP contribution in [-0.4, -0.2) is 34.0 Å². The highest BCUT2D eigenvalue weighted by molar-refractivity contribution is 5.85. The molecule has 6 rings (SSSR count). The van der Waals surface area contributed by atoms with E-state index in [0.717, 1.165) is 44.5 Å². The Morgan fingerprint density at radius 2 is 1.70 bits per heavy atom. The summed E-state index contributed by atoms with van der Waals surface area (Å²) in [6.07, 6.45) is 4.04. The van der Waals surface area contributed by atoms with E-state index < -0.39 is 5.97 Å². The van der Waals surface area contributed by atoms with Crippen LogP contribution < -0.4 is 5.73 Å². The summed E-state index contributed by atoms with van der Waals surface area (Å²) >= 11 is 0. The fraction of sp³-hybridized carbons (Fsp3) is 0.344. The first-order chi connectivity index (χ1) is 17.9. The topological polar surface area (TPSA) is 82.3 Å². The van der Waals surface area contributed by atoms with Crippen molar-refractivity contribution < 1.29 is 9.90 Å². The van der Waals surface area contributed by atoms with Crippen LogP contribution in [-0.2, 0) is 11.2 Å². The van der Waals surface area contributed by atoms with E-state index in [1.807, 2.05) is 49.4 Å². The van der Waals surface area contributed by atoms with E-state index in [1.54, 1.807) is 0 Å². The number of anilines is 1. The number of hydrogen-bond donors (Lipinski definition) is 3. The highest BCUT2D eigenvalue weighted by atomic mass is 16.4. The lowest BCUT2D eigenvalue weighted by atomic mass is 9.61. The summed E-state index contributed by atoms with van der Waals surface area (Å²) in [7, 11) is 0. The van der Waals surface area contributed by atoms with E-state index in [0.29, 0.717) is 0 Å². The molecule has 192 valence electrons. The summed E-state index contributed by atoms with van der Waals surface area (Å²) in [5, 5.41) is 11.1. The van der Waals surface area contributed by atoms with Crippen LogP contribution in [0.4, 0.5) is 5.69 Å². The molecule has 3 heterocycles. The fourth-order valence-corrected chi connectivity index (χ4v) is 6.61. The number of carboxylic acid groups (broad SMARTS) is 1. The second-order valence-electron chi connectivity index (χ2n) is 10.5. The quantitative estimate of drug-likeness (QED) is 0.269. The van der Waals surface area contributed by atoms with Gasteiger partial charge in [-0.15, -0.1) is 0 Å². The average molecular weight is 496 g/mol. The van der Waals surface area contributed by atoms with Gasteiger partial charge in [0.15, 0.2) is 0 Å². The number of carboxylic acids is 1. The van der Waals surface area contributed by atoms with Crippen molar-refractivity contribution in [2.75, 3.05) is 18.8 Å². The first kappa shape index (κ1) is 25.1. The molecule has 0 amide bonds. The SMILES string of the molecule is CC[C@@]1(C(C)C(=O)O)CCCN2CCc3c([nH]c4ccccc34)[C@@H]21.Nc1ccc(-c2ccccc2)cc1. The van der Waals surface area contributed by atoms with Gasteiger partial charge in [-0.3, -0.25) is 9.69 Å². The van der Waals surface area contributed by atoms with Crippen LogP contribution in [0.2, 0.25) is 0 Å². The minimum Gasteiger partial charge on any atom is -0.481 e. The average Bonchev–Trinajstić information content (AvgIpc) is 3.32. The molecule has 4 aromatic rings. The Morgan fingerprint density at radius 3 is 2.41 bits per heavy atom. The summed E-state index contributed by atoms with van der Waals surface area (Å²) in [6, 6.07) is 26.8. The monoisotopic (exact) mass is 495 g/mol. The van der Waals surface area contributed by atoms with E-state index in [2.05, 4.69) is 53.2 Å². The normalized spacial score (nSPS) is 21.8. The van der Waals surface area contributed by atoms with Gasteiger partial charge in [0.25, 0.3) is 0 Å². The van der Waals surface area contributed by atoms with Crippen LogP contribution in [0.15, 0.2) is 78.9 Å². The summed E-state index contributed by atoms with van der Waals surface area (Å²) < 4.78 is 0. The lowest BCUT2D eigenvalue weighted by molar-refractivity contribution is -0.151. The third-order valence-electron chi connectivity index (χ3n) is 8.68. The van der Waals surface area contributed by atoms with Gasteiger partial charge in [0.05, 0.1) is 12.0 Å². The van der Waals surface area contributed by atoms with Crippen LogP contribution in [0.25, 0.3) is 22.0 Å². The number of piperidine rings is 1. The molecule has 1 fully saturated rings. The number of H-pyrrole nitrogens is 1. The largest absolute Gasteiger partial charge is 0.481 e. The molecule has 2 aliphatic heterocycles. The molecule has 5 heteroatoms. The molecule has 1 aromatic heterocycles. The van der Waals surface area contributed by atoms with E-state index in [1.165, 1.54) is 33.3 Å². The number of para-hydroxylation sites is 1. The van der Waals surface area contributed by atoms with Gasteiger partial charge in [-0.2, -0.15) is 0 Å². The standard InChI is InChI=1S/C20H26N2O2.C12H11N/c1-3-20(13(2)19(23)24)10-6-11-22-12-9-15-14-7-4-5-8-16(14)21-17(15)18(20)22;13-12-8-6-11(7-9-12)10-4-2-1-3-5-10/h4-5,7-8,13,18,21H,3,6,9-12H2,1-2H3,(H,23,24);1-9H,13H2/t13?,18-,20+;/m1./s1. The zero-order valence-electron chi connectivity index (χ0n) is 21.8. The lowest BCUT2D eigenvalue weighted by Gasteiger charge is -2.53. The molecule has 5 nitrogen and oxygen atoms in total. The molecule has 1 saturated heterocycles. The van der Waals surface area contributed by atoms with Crippen molar-refractivity contribution in [3.8, 4) is 11.1 Å².